The molecule has 0 saturated heterocycles. The van der Waals surface area contributed by atoms with E-state index in [-0.39, 0.29) is 6.54 Å². The minimum atomic E-state index is -0.601. The van der Waals surface area contributed by atoms with Gasteiger partial charge >= 0.3 is 5.97 Å². The molecule has 0 spiro atoms. The summed E-state index contributed by atoms with van der Waals surface area (Å²) in [6.45, 7) is 6.87. The van der Waals surface area contributed by atoms with Crippen molar-refractivity contribution in [3.8, 4) is 11.4 Å². The first-order valence-electron chi connectivity index (χ1n) is 10.8. The molecule has 8 nitrogen and oxygen atoms in total. The van der Waals surface area contributed by atoms with Crippen LogP contribution in [0.2, 0.25) is 0 Å². The number of nitrogens with zero attached hydrogens (tertiary/aromatic N) is 1. The quantitative estimate of drug-likeness (QED) is 0.497. The second kappa shape index (κ2) is 10.7. The Morgan fingerprint density at radius 2 is 1.56 bits per heavy atom. The van der Waals surface area contributed by atoms with Crippen LogP contribution in [0.3, 0.4) is 0 Å². The van der Waals surface area contributed by atoms with Crippen LogP contribution >= 0.6 is 0 Å². The Hall–Kier alpha value is -4.07. The van der Waals surface area contributed by atoms with Gasteiger partial charge in [-0.05, 0) is 63.6 Å². The van der Waals surface area contributed by atoms with Crippen LogP contribution in [0, 0.1) is 27.7 Å². The van der Waals surface area contributed by atoms with E-state index in [0.29, 0.717) is 17.0 Å². The zero-order valence-electron chi connectivity index (χ0n) is 20.0. The fourth-order valence-electron chi connectivity index (χ4n) is 3.61. The third-order valence-corrected chi connectivity index (χ3v) is 5.35. The minimum Gasteiger partial charge on any atom is -0.495 e. The Balaban J connectivity index is 1.54. The van der Waals surface area contributed by atoms with Crippen LogP contribution in [0.1, 0.15) is 32.9 Å². The molecule has 1 aromatic heterocycles. The highest BCUT2D eigenvalue weighted by atomic mass is 16.5. The summed E-state index contributed by atoms with van der Waals surface area (Å²) in [5.74, 6) is -1.09. The van der Waals surface area contributed by atoms with Crippen molar-refractivity contribution in [1.82, 2.24) is 9.88 Å². The number of anilines is 1. The average Bonchev–Trinajstić information content (AvgIpc) is 3.10. The van der Waals surface area contributed by atoms with Crippen LogP contribution < -0.4 is 15.4 Å². The highest BCUT2D eigenvalue weighted by Crippen LogP contribution is 2.25. The molecule has 0 fully saturated rings. The highest BCUT2D eigenvalue weighted by molar-refractivity contribution is 5.96. The molecule has 1 heterocycles. The Labute approximate surface area is 198 Å². The van der Waals surface area contributed by atoms with Crippen molar-refractivity contribution >= 4 is 23.5 Å². The second-order valence-corrected chi connectivity index (χ2v) is 8.06. The number of carbonyl (C=O) groups is 3. The number of aromatic nitrogens is 1. The number of hydrogen-bond acceptors (Lipinski definition) is 5. The molecule has 8 heteroatoms. The summed E-state index contributed by atoms with van der Waals surface area (Å²) in [7, 11) is 1.51. The maximum atomic E-state index is 12.6. The lowest BCUT2D eigenvalue weighted by Gasteiger charge is -2.12. The van der Waals surface area contributed by atoms with Gasteiger partial charge in [-0.15, -0.1) is 0 Å². The van der Waals surface area contributed by atoms with Crippen molar-refractivity contribution in [2.75, 3.05) is 25.6 Å². The van der Waals surface area contributed by atoms with Gasteiger partial charge in [0.15, 0.2) is 6.61 Å². The van der Waals surface area contributed by atoms with Crippen molar-refractivity contribution in [2.45, 2.75) is 27.7 Å². The predicted molar refractivity (Wildman–Crippen MR) is 130 cm³/mol. The van der Waals surface area contributed by atoms with E-state index in [1.807, 2.05) is 62.6 Å². The smallest absolute Gasteiger partial charge is 0.340 e. The van der Waals surface area contributed by atoms with Gasteiger partial charge in [0.25, 0.3) is 5.91 Å². The Morgan fingerprint density at radius 3 is 2.24 bits per heavy atom. The first kappa shape index (κ1) is 24.6. The van der Waals surface area contributed by atoms with E-state index >= 15 is 0 Å². The summed E-state index contributed by atoms with van der Waals surface area (Å²) in [4.78, 5) is 36.9. The zero-order valence-corrected chi connectivity index (χ0v) is 20.0. The van der Waals surface area contributed by atoms with Crippen molar-refractivity contribution in [3.63, 3.8) is 0 Å². The van der Waals surface area contributed by atoms with E-state index in [4.69, 9.17) is 9.47 Å². The van der Waals surface area contributed by atoms with Gasteiger partial charge in [-0.25, -0.2) is 4.79 Å². The van der Waals surface area contributed by atoms with E-state index < -0.39 is 24.4 Å². The third-order valence-electron chi connectivity index (χ3n) is 5.35. The maximum Gasteiger partial charge on any atom is 0.340 e. The van der Waals surface area contributed by atoms with Gasteiger partial charge in [-0.2, -0.15) is 0 Å². The molecule has 3 rings (SSSR count). The fraction of sp³-hybridized carbons (Fsp3) is 0.269. The number of methoxy groups -OCH3 is 1. The SMILES string of the molecule is COc1ccc(C)cc1NC(=O)CNC(=O)COC(=O)c1cc(C)n(-c2ccc(C)cc2)c1C. The highest BCUT2D eigenvalue weighted by Gasteiger charge is 2.19. The number of carbonyl (C=O) groups excluding carboxylic acids is 3. The molecule has 0 aliphatic heterocycles. The summed E-state index contributed by atoms with van der Waals surface area (Å²) in [5.41, 5.74) is 5.53. The summed E-state index contributed by atoms with van der Waals surface area (Å²) in [6, 6.07) is 15.1. The molecular formula is C26H29N3O5. The molecule has 0 atom stereocenters. The normalized spacial score (nSPS) is 10.5. The van der Waals surface area contributed by atoms with Gasteiger partial charge in [0.2, 0.25) is 5.91 Å². The van der Waals surface area contributed by atoms with Crippen LogP contribution in [-0.4, -0.2) is 42.6 Å². The minimum absolute atomic E-state index is 0.268. The summed E-state index contributed by atoms with van der Waals surface area (Å²) >= 11 is 0. The van der Waals surface area contributed by atoms with E-state index in [0.717, 1.165) is 28.2 Å². The van der Waals surface area contributed by atoms with Crippen molar-refractivity contribution in [2.24, 2.45) is 0 Å². The van der Waals surface area contributed by atoms with Gasteiger partial charge in [0.05, 0.1) is 24.9 Å². The van der Waals surface area contributed by atoms with Crippen LogP contribution in [0.15, 0.2) is 48.5 Å². The second-order valence-electron chi connectivity index (χ2n) is 8.06. The van der Waals surface area contributed by atoms with Gasteiger partial charge in [0, 0.05) is 17.1 Å². The molecule has 0 aliphatic rings. The van der Waals surface area contributed by atoms with Gasteiger partial charge < -0.3 is 24.7 Å². The van der Waals surface area contributed by atoms with Gasteiger partial charge in [-0.3, -0.25) is 9.59 Å². The molecule has 0 aliphatic carbocycles. The first-order chi connectivity index (χ1) is 16.2. The van der Waals surface area contributed by atoms with Crippen molar-refractivity contribution in [1.29, 1.82) is 0 Å². The standard InChI is InChI=1S/C26H29N3O5/c1-16-6-9-20(10-7-16)29-18(3)13-21(19(29)4)26(32)34-15-25(31)27-14-24(30)28-22-12-17(2)8-11-23(22)33-5/h6-13H,14-15H2,1-5H3,(H,27,31)(H,28,30). The molecule has 0 unspecified atom stereocenters. The summed E-state index contributed by atoms with van der Waals surface area (Å²) in [6.07, 6.45) is 0. The largest absolute Gasteiger partial charge is 0.495 e. The Bertz CT molecular complexity index is 1210. The molecule has 34 heavy (non-hydrogen) atoms. The number of aryl methyl sites for hydroxylation is 3. The van der Waals surface area contributed by atoms with Crippen LogP contribution in [0.4, 0.5) is 5.69 Å². The Morgan fingerprint density at radius 1 is 0.882 bits per heavy atom. The molecule has 2 aromatic carbocycles. The van der Waals surface area contributed by atoms with Crippen molar-refractivity contribution in [3.05, 3.63) is 76.6 Å². The number of ether oxygens (including phenoxy) is 2. The van der Waals surface area contributed by atoms with E-state index in [2.05, 4.69) is 10.6 Å². The van der Waals surface area contributed by atoms with Crippen LogP contribution in [0.5, 0.6) is 5.75 Å². The molecule has 0 bridgehead atoms. The molecular weight excluding hydrogens is 434 g/mol. The number of rotatable bonds is 8. The van der Waals surface area contributed by atoms with Crippen LogP contribution in [0.25, 0.3) is 5.69 Å². The fourth-order valence-corrected chi connectivity index (χ4v) is 3.61. The van der Waals surface area contributed by atoms with Crippen LogP contribution in [-0.2, 0) is 14.3 Å². The number of amides is 2. The molecule has 2 N–H and O–H groups in total. The maximum absolute atomic E-state index is 12.6. The van der Waals surface area contributed by atoms with Gasteiger partial charge in [0.1, 0.15) is 5.75 Å². The number of esters is 1. The zero-order chi connectivity index (χ0) is 24.8. The lowest BCUT2D eigenvalue weighted by Crippen LogP contribution is -2.35. The molecule has 3 aromatic rings. The topological polar surface area (TPSA) is 98.7 Å². The molecule has 2 amide bonds. The lowest BCUT2D eigenvalue weighted by atomic mass is 10.2. The predicted octanol–water partition coefficient (Wildman–Crippen LogP) is 3.63. The monoisotopic (exact) mass is 463 g/mol. The lowest BCUT2D eigenvalue weighted by molar-refractivity contribution is -0.126. The van der Waals surface area contributed by atoms with Crippen molar-refractivity contribution < 1.29 is 23.9 Å². The van der Waals surface area contributed by atoms with E-state index in [1.165, 1.54) is 7.11 Å². The Kier molecular flexibility index (Phi) is 7.73. The third kappa shape index (κ3) is 5.83. The number of benzene rings is 2. The molecule has 0 saturated carbocycles. The first-order valence-corrected chi connectivity index (χ1v) is 10.8. The van der Waals surface area contributed by atoms with Gasteiger partial charge in [-0.1, -0.05) is 23.8 Å². The van der Waals surface area contributed by atoms with E-state index in [1.54, 1.807) is 18.2 Å². The molecule has 0 radical (unpaired) electrons. The molecule has 178 valence electrons. The average molecular weight is 464 g/mol. The number of hydrogen-bond donors (Lipinski definition) is 2. The number of nitrogens with one attached hydrogen (secondary N) is 2. The summed E-state index contributed by atoms with van der Waals surface area (Å²) in [5, 5.41) is 5.14. The van der Waals surface area contributed by atoms with E-state index in [9.17, 15) is 14.4 Å². The summed E-state index contributed by atoms with van der Waals surface area (Å²) < 4.78 is 12.4.